The van der Waals surface area contributed by atoms with Crippen molar-refractivity contribution < 1.29 is 32.5 Å². The van der Waals surface area contributed by atoms with Crippen molar-refractivity contribution in [3.63, 3.8) is 0 Å². The van der Waals surface area contributed by atoms with Crippen molar-refractivity contribution >= 4 is 51.4 Å². The number of thioether (sulfide) groups is 2. The van der Waals surface area contributed by atoms with E-state index in [2.05, 4.69) is 41.5 Å². The van der Waals surface area contributed by atoms with Gasteiger partial charge in [-0.15, -0.1) is 22.0 Å². The fraction of sp³-hybridized carbons (Fsp3) is 0.350. The molecule has 0 spiro atoms. The number of carboxylic acid groups (broad SMARTS) is 1. The molecule has 2 aliphatic rings. The summed E-state index contributed by atoms with van der Waals surface area (Å²) >= 11 is 2.37. The molecule has 2 aromatic heterocycles. The highest BCUT2D eigenvalue weighted by molar-refractivity contribution is 8.01. The van der Waals surface area contributed by atoms with Gasteiger partial charge in [-0.2, -0.15) is 8.42 Å². The standard InChI is InChI=1S/C20H20N10O7S3/c1-9(15-22-25-26-23-15)30-20(24-27-28-30)39-8-11-7-38-18-12(17(32)29(18)13(11)19(33)34)21-16(31)14(40(35,36)37)10-5-3-2-4-6-10/h2-6,9,12,14,18H,7-8H2,1H3,(H,21,31)(H,33,34)(H,35,36,37)(H,22,23,25,26)/t9?,12-,14?,18+/m1/s1. The number of benzene rings is 1. The Bertz CT molecular complexity index is 1580. The van der Waals surface area contributed by atoms with Gasteiger partial charge in [-0.25, -0.2) is 14.6 Å². The molecule has 4 atom stereocenters. The molecule has 20 heteroatoms. The third-order valence-corrected chi connectivity index (χ3v) is 9.59. The van der Waals surface area contributed by atoms with Gasteiger partial charge in [0.1, 0.15) is 23.2 Å². The number of aromatic amines is 1. The van der Waals surface area contributed by atoms with E-state index in [4.69, 9.17) is 0 Å². The number of carboxylic acids is 1. The van der Waals surface area contributed by atoms with E-state index in [-0.39, 0.29) is 22.8 Å². The summed E-state index contributed by atoms with van der Waals surface area (Å²) in [5, 5.41) is 35.1. The van der Waals surface area contributed by atoms with Crippen molar-refractivity contribution in [1.29, 1.82) is 0 Å². The largest absolute Gasteiger partial charge is 0.477 e. The van der Waals surface area contributed by atoms with Crippen LogP contribution < -0.4 is 5.32 Å². The molecule has 0 bridgehead atoms. The quantitative estimate of drug-likeness (QED) is 0.126. The number of hydrogen-bond acceptors (Lipinski definition) is 13. The molecule has 0 aliphatic carbocycles. The SMILES string of the molecule is CC(c1nnn[nH]1)n1nnnc1SCC1=C(C(=O)O)N2C(=O)[C@@H](NC(=O)C(c3ccccc3)S(=O)(=O)O)[C@@H]2SC1. The number of β-lactam (4-membered cyclic amide) rings is 1. The van der Waals surface area contributed by atoms with E-state index in [0.717, 1.165) is 16.7 Å². The molecule has 3 aromatic rings. The summed E-state index contributed by atoms with van der Waals surface area (Å²) in [7, 11) is -4.86. The van der Waals surface area contributed by atoms with Crippen LogP contribution in [0.4, 0.5) is 0 Å². The van der Waals surface area contributed by atoms with Gasteiger partial charge in [-0.05, 0) is 38.9 Å². The predicted octanol–water partition coefficient (Wildman–Crippen LogP) is -0.745. The van der Waals surface area contributed by atoms with Crippen LogP contribution in [0.2, 0.25) is 0 Å². The third kappa shape index (κ3) is 5.17. The molecule has 2 amide bonds. The smallest absolute Gasteiger partial charge is 0.352 e. The van der Waals surface area contributed by atoms with Crippen LogP contribution in [0.15, 0.2) is 46.8 Å². The summed E-state index contributed by atoms with van der Waals surface area (Å²) in [6.45, 7) is 1.77. The first-order valence-corrected chi connectivity index (χ1v) is 15.0. The number of hydrogen-bond donors (Lipinski definition) is 4. The fourth-order valence-electron chi connectivity index (χ4n) is 4.24. The Hall–Kier alpha value is -3.88. The average molecular weight is 609 g/mol. The lowest BCUT2D eigenvalue weighted by Crippen LogP contribution is -2.71. The van der Waals surface area contributed by atoms with E-state index in [1.807, 2.05) is 0 Å². The van der Waals surface area contributed by atoms with Crippen LogP contribution >= 0.6 is 23.5 Å². The zero-order chi connectivity index (χ0) is 28.6. The van der Waals surface area contributed by atoms with Crippen molar-refractivity contribution in [2.45, 2.75) is 34.8 Å². The molecule has 4 heterocycles. The zero-order valence-corrected chi connectivity index (χ0v) is 22.8. The first kappa shape index (κ1) is 27.7. The molecule has 4 N–H and O–H groups in total. The Morgan fingerprint density at radius 3 is 2.65 bits per heavy atom. The minimum absolute atomic E-state index is 0.0177. The first-order chi connectivity index (χ1) is 19.1. The van der Waals surface area contributed by atoms with Gasteiger partial charge in [0, 0.05) is 11.5 Å². The van der Waals surface area contributed by atoms with Gasteiger partial charge in [-0.1, -0.05) is 42.1 Å². The number of fused-ring (bicyclic) bond motifs is 1. The summed E-state index contributed by atoms with van der Waals surface area (Å²) in [6, 6.07) is 5.71. The maximum Gasteiger partial charge on any atom is 0.352 e. The number of amides is 2. The summed E-state index contributed by atoms with van der Waals surface area (Å²) in [5.74, 6) is -2.39. The van der Waals surface area contributed by atoms with Gasteiger partial charge in [-0.3, -0.25) is 19.0 Å². The number of carbonyl (C=O) groups is 3. The number of nitrogens with one attached hydrogen (secondary N) is 2. The molecule has 0 saturated carbocycles. The van der Waals surface area contributed by atoms with Crippen LogP contribution in [0.3, 0.4) is 0 Å². The topological polar surface area (TPSA) is 239 Å². The average Bonchev–Trinajstić information content (AvgIpc) is 3.62. The normalized spacial score (nSPS) is 20.4. The van der Waals surface area contributed by atoms with E-state index in [1.165, 1.54) is 40.7 Å². The highest BCUT2D eigenvalue weighted by atomic mass is 32.2. The number of nitrogens with zero attached hydrogens (tertiary/aromatic N) is 8. The molecule has 1 aromatic carbocycles. The Morgan fingerprint density at radius 2 is 2.00 bits per heavy atom. The minimum atomic E-state index is -4.86. The summed E-state index contributed by atoms with van der Waals surface area (Å²) in [4.78, 5) is 39.2. The molecule has 1 fully saturated rings. The molecule has 2 unspecified atom stereocenters. The highest BCUT2D eigenvalue weighted by Crippen LogP contribution is 2.42. The molecule has 40 heavy (non-hydrogen) atoms. The summed E-state index contributed by atoms with van der Waals surface area (Å²) < 4.78 is 35.1. The van der Waals surface area contributed by atoms with E-state index in [9.17, 15) is 32.5 Å². The van der Waals surface area contributed by atoms with Crippen LogP contribution in [-0.2, 0) is 24.5 Å². The molecule has 1 saturated heterocycles. The summed E-state index contributed by atoms with van der Waals surface area (Å²) in [6.07, 6.45) is 0. The zero-order valence-electron chi connectivity index (χ0n) is 20.3. The molecule has 210 valence electrons. The van der Waals surface area contributed by atoms with Crippen molar-refractivity contribution in [3.8, 4) is 0 Å². The van der Waals surface area contributed by atoms with Gasteiger partial charge < -0.3 is 10.4 Å². The Kier molecular flexibility index (Phi) is 7.57. The molecular weight excluding hydrogens is 588 g/mol. The van der Waals surface area contributed by atoms with Crippen LogP contribution in [0, 0.1) is 0 Å². The lowest BCUT2D eigenvalue weighted by atomic mass is 10.0. The Morgan fingerprint density at radius 1 is 1.25 bits per heavy atom. The van der Waals surface area contributed by atoms with Gasteiger partial charge in [0.15, 0.2) is 11.1 Å². The van der Waals surface area contributed by atoms with Gasteiger partial charge >= 0.3 is 5.97 Å². The number of H-pyrrole nitrogens is 1. The van der Waals surface area contributed by atoms with E-state index >= 15 is 0 Å². The van der Waals surface area contributed by atoms with Crippen LogP contribution in [0.25, 0.3) is 0 Å². The second kappa shape index (κ2) is 10.9. The number of carbonyl (C=O) groups excluding carboxylic acids is 2. The van der Waals surface area contributed by atoms with Gasteiger partial charge in [0.25, 0.3) is 16.0 Å². The van der Waals surface area contributed by atoms with Crippen molar-refractivity contribution in [2.24, 2.45) is 0 Å². The van der Waals surface area contributed by atoms with Crippen LogP contribution in [0.5, 0.6) is 0 Å². The van der Waals surface area contributed by atoms with Crippen molar-refractivity contribution in [3.05, 3.63) is 53.0 Å². The second-order valence-corrected chi connectivity index (χ2v) is 12.2. The maximum absolute atomic E-state index is 13.0. The first-order valence-electron chi connectivity index (χ1n) is 11.4. The molecule has 5 rings (SSSR count). The predicted molar refractivity (Wildman–Crippen MR) is 137 cm³/mol. The number of aliphatic carboxylic acids is 1. The lowest BCUT2D eigenvalue weighted by molar-refractivity contribution is -0.150. The minimum Gasteiger partial charge on any atom is -0.477 e. The third-order valence-electron chi connectivity index (χ3n) is 6.15. The molecule has 2 aliphatic heterocycles. The fourth-order valence-corrected chi connectivity index (χ4v) is 7.52. The number of tetrazole rings is 2. The summed E-state index contributed by atoms with van der Waals surface area (Å²) in [5.41, 5.74) is 0.220. The van der Waals surface area contributed by atoms with Gasteiger partial charge in [0.05, 0.1) is 0 Å². The molecule has 17 nitrogen and oxygen atoms in total. The van der Waals surface area contributed by atoms with Crippen molar-refractivity contribution in [2.75, 3.05) is 11.5 Å². The van der Waals surface area contributed by atoms with Crippen molar-refractivity contribution in [1.82, 2.24) is 51.0 Å². The maximum atomic E-state index is 13.0. The highest BCUT2D eigenvalue weighted by Gasteiger charge is 2.55. The molecular formula is C20H20N10O7S3. The Balaban J connectivity index is 1.31. The molecule has 0 radical (unpaired) electrons. The van der Waals surface area contributed by atoms with E-state index in [0.29, 0.717) is 16.6 Å². The lowest BCUT2D eigenvalue weighted by Gasteiger charge is -2.49. The Labute approximate surface area is 233 Å². The number of rotatable bonds is 10. The monoisotopic (exact) mass is 608 g/mol. The van der Waals surface area contributed by atoms with Crippen LogP contribution in [-0.4, -0.2) is 105 Å². The van der Waals surface area contributed by atoms with Gasteiger partial charge in [0.2, 0.25) is 11.1 Å². The van der Waals surface area contributed by atoms with Crippen LogP contribution in [0.1, 0.15) is 29.6 Å². The van der Waals surface area contributed by atoms with E-state index in [1.54, 1.807) is 13.0 Å². The second-order valence-electron chi connectivity index (χ2n) is 8.62. The van der Waals surface area contributed by atoms with E-state index < -0.39 is 50.6 Å². The number of aromatic nitrogens is 8.